The van der Waals surface area contributed by atoms with Crippen LogP contribution in [0.3, 0.4) is 0 Å². The number of rotatable bonds is 4. The summed E-state index contributed by atoms with van der Waals surface area (Å²) in [6, 6.07) is 18.7. The van der Waals surface area contributed by atoms with Crippen LogP contribution < -0.4 is 5.32 Å². The smallest absolute Gasteiger partial charge is 0.407 e. The number of amides is 1. The number of thiophene rings is 1. The van der Waals surface area contributed by atoms with Crippen molar-refractivity contribution in [3.8, 4) is 23.0 Å². The van der Waals surface area contributed by atoms with E-state index in [0.29, 0.717) is 19.6 Å². The first-order valence-electron chi connectivity index (χ1n) is 9.36. The van der Waals surface area contributed by atoms with Gasteiger partial charge in [0.1, 0.15) is 6.61 Å². The molecule has 1 aliphatic rings. The number of ether oxygens (including phenoxy) is 1. The number of carbonyl (C=O) groups excluding carboxylic acids is 1. The van der Waals surface area contributed by atoms with E-state index in [-0.39, 0.29) is 5.92 Å². The predicted octanol–water partition coefficient (Wildman–Crippen LogP) is 5.34. The van der Waals surface area contributed by atoms with Gasteiger partial charge in [-0.1, -0.05) is 60.4 Å². The number of benzene rings is 2. The molecule has 0 unspecified atom stereocenters. The van der Waals surface area contributed by atoms with Gasteiger partial charge in [0, 0.05) is 18.9 Å². The van der Waals surface area contributed by atoms with Gasteiger partial charge in [0.15, 0.2) is 0 Å². The van der Waals surface area contributed by atoms with Gasteiger partial charge >= 0.3 is 6.09 Å². The van der Waals surface area contributed by atoms with Crippen LogP contribution in [0.5, 0.6) is 0 Å². The molecule has 3 aromatic rings. The largest absolute Gasteiger partial charge is 0.449 e. The van der Waals surface area contributed by atoms with Gasteiger partial charge in [0.05, 0.1) is 4.88 Å². The second-order valence-electron chi connectivity index (χ2n) is 6.74. The van der Waals surface area contributed by atoms with Crippen LogP contribution in [-0.4, -0.2) is 19.2 Å². The van der Waals surface area contributed by atoms with Crippen LogP contribution in [0.2, 0.25) is 0 Å². The van der Waals surface area contributed by atoms with E-state index < -0.39 is 6.09 Å². The Balaban J connectivity index is 1.31. The molecule has 0 spiro atoms. The van der Waals surface area contributed by atoms with E-state index in [4.69, 9.17) is 4.74 Å². The minimum absolute atomic E-state index is 0.0831. The molecule has 4 rings (SSSR count). The van der Waals surface area contributed by atoms with Crippen molar-refractivity contribution >= 4 is 17.4 Å². The predicted molar refractivity (Wildman–Crippen MR) is 114 cm³/mol. The molecule has 1 heterocycles. The summed E-state index contributed by atoms with van der Waals surface area (Å²) < 4.78 is 5.52. The Labute approximate surface area is 169 Å². The van der Waals surface area contributed by atoms with Gasteiger partial charge in [-0.05, 0) is 46.2 Å². The molecule has 1 aromatic heterocycles. The third-order valence-electron chi connectivity index (χ3n) is 4.93. The van der Waals surface area contributed by atoms with Crippen molar-refractivity contribution in [1.29, 1.82) is 0 Å². The zero-order valence-electron chi connectivity index (χ0n) is 15.7. The Hall–Kier alpha value is -3.03. The second-order valence-corrected chi connectivity index (χ2v) is 7.65. The molecule has 0 radical (unpaired) electrons. The van der Waals surface area contributed by atoms with E-state index in [1.807, 2.05) is 29.6 Å². The quantitative estimate of drug-likeness (QED) is 0.485. The highest BCUT2D eigenvalue weighted by Crippen LogP contribution is 2.44. The van der Waals surface area contributed by atoms with Crippen molar-refractivity contribution in [3.63, 3.8) is 0 Å². The first kappa shape index (κ1) is 18.3. The maximum absolute atomic E-state index is 12.1. The lowest BCUT2D eigenvalue weighted by molar-refractivity contribution is 0.143. The number of hydrogen-bond donors (Lipinski definition) is 1. The number of nitrogens with one attached hydrogen (secondary N) is 1. The SMILES string of the molecule is Cc1ccsc1C#CCCNC(=O)OCC1c2ccccc2-c2ccccc21. The molecule has 28 heavy (non-hydrogen) atoms. The molecule has 1 N–H and O–H groups in total. The molecule has 0 saturated carbocycles. The molecule has 0 bridgehead atoms. The zero-order chi connectivity index (χ0) is 19.3. The third kappa shape index (κ3) is 3.81. The van der Waals surface area contributed by atoms with Crippen molar-refractivity contribution in [2.75, 3.05) is 13.2 Å². The first-order chi connectivity index (χ1) is 13.7. The molecule has 0 aliphatic heterocycles. The lowest BCUT2D eigenvalue weighted by atomic mass is 9.98. The summed E-state index contributed by atoms with van der Waals surface area (Å²) in [5, 5.41) is 4.83. The minimum Gasteiger partial charge on any atom is -0.449 e. The summed E-state index contributed by atoms with van der Waals surface area (Å²) in [5.41, 5.74) is 6.09. The molecular formula is C24H21NO2S. The van der Waals surface area contributed by atoms with Crippen LogP contribution in [-0.2, 0) is 4.74 Å². The maximum Gasteiger partial charge on any atom is 0.407 e. The maximum atomic E-state index is 12.1. The average Bonchev–Trinajstić information content (AvgIpc) is 3.27. The Morgan fingerprint density at radius 1 is 1.07 bits per heavy atom. The van der Waals surface area contributed by atoms with Gasteiger partial charge < -0.3 is 10.1 Å². The number of hydrogen-bond acceptors (Lipinski definition) is 3. The number of alkyl carbamates (subject to hydrolysis) is 1. The van der Waals surface area contributed by atoms with Crippen LogP contribution >= 0.6 is 11.3 Å². The van der Waals surface area contributed by atoms with E-state index >= 15 is 0 Å². The van der Waals surface area contributed by atoms with Gasteiger partial charge in [-0.3, -0.25) is 0 Å². The summed E-state index contributed by atoms with van der Waals surface area (Å²) in [4.78, 5) is 13.2. The molecule has 0 atom stereocenters. The van der Waals surface area contributed by atoms with E-state index in [2.05, 4.69) is 54.4 Å². The van der Waals surface area contributed by atoms with E-state index in [1.165, 1.54) is 27.8 Å². The fourth-order valence-electron chi connectivity index (χ4n) is 3.52. The van der Waals surface area contributed by atoms with Crippen molar-refractivity contribution < 1.29 is 9.53 Å². The molecular weight excluding hydrogens is 366 g/mol. The highest BCUT2D eigenvalue weighted by atomic mass is 32.1. The average molecular weight is 388 g/mol. The Morgan fingerprint density at radius 2 is 1.75 bits per heavy atom. The van der Waals surface area contributed by atoms with Gasteiger partial charge in [-0.2, -0.15) is 0 Å². The van der Waals surface area contributed by atoms with E-state index in [9.17, 15) is 4.79 Å². The minimum atomic E-state index is -0.393. The Morgan fingerprint density at radius 3 is 2.39 bits per heavy atom. The highest BCUT2D eigenvalue weighted by molar-refractivity contribution is 7.10. The van der Waals surface area contributed by atoms with Crippen molar-refractivity contribution in [3.05, 3.63) is 81.5 Å². The molecule has 0 fully saturated rings. The summed E-state index contributed by atoms with van der Waals surface area (Å²) in [6.07, 6.45) is 0.206. The summed E-state index contributed by atoms with van der Waals surface area (Å²) in [6.45, 7) is 2.86. The van der Waals surface area contributed by atoms with Crippen molar-refractivity contribution in [2.45, 2.75) is 19.3 Å². The van der Waals surface area contributed by atoms with Crippen LogP contribution in [0.4, 0.5) is 4.79 Å². The van der Waals surface area contributed by atoms with Crippen molar-refractivity contribution in [1.82, 2.24) is 5.32 Å². The summed E-state index contributed by atoms with van der Waals surface area (Å²) in [5.74, 6) is 6.32. The third-order valence-corrected chi connectivity index (χ3v) is 5.86. The Kier molecular flexibility index (Phi) is 5.45. The molecule has 1 amide bonds. The van der Waals surface area contributed by atoms with Gasteiger partial charge in [-0.15, -0.1) is 11.3 Å². The number of aryl methyl sites for hydroxylation is 1. The molecule has 0 saturated heterocycles. The fraction of sp³-hybridized carbons (Fsp3) is 0.208. The molecule has 4 heteroatoms. The molecule has 3 nitrogen and oxygen atoms in total. The standard InChI is InChI=1S/C24H21NO2S/c1-17-13-15-28-23(17)12-6-7-14-25-24(26)27-16-22-20-10-4-2-8-18(20)19-9-3-5-11-21(19)22/h2-5,8-11,13,15,22H,7,14,16H2,1H3,(H,25,26). The second kappa shape index (κ2) is 8.33. The topological polar surface area (TPSA) is 38.3 Å². The van der Waals surface area contributed by atoms with E-state index in [1.54, 1.807) is 11.3 Å². The normalized spacial score (nSPS) is 11.9. The number of fused-ring (bicyclic) bond motifs is 3. The number of carbonyl (C=O) groups is 1. The van der Waals surface area contributed by atoms with E-state index in [0.717, 1.165) is 4.88 Å². The monoisotopic (exact) mass is 387 g/mol. The van der Waals surface area contributed by atoms with Crippen LogP contribution in [0.1, 0.15) is 33.9 Å². The van der Waals surface area contributed by atoms with Crippen LogP contribution in [0.15, 0.2) is 60.0 Å². The van der Waals surface area contributed by atoms with Gasteiger partial charge in [-0.25, -0.2) is 4.79 Å². The summed E-state index contributed by atoms with van der Waals surface area (Å²) >= 11 is 1.64. The van der Waals surface area contributed by atoms with Crippen LogP contribution in [0, 0.1) is 18.8 Å². The molecule has 140 valence electrons. The van der Waals surface area contributed by atoms with Crippen LogP contribution in [0.25, 0.3) is 11.1 Å². The fourth-order valence-corrected chi connectivity index (χ4v) is 4.31. The molecule has 2 aromatic carbocycles. The first-order valence-corrected chi connectivity index (χ1v) is 10.2. The lowest BCUT2D eigenvalue weighted by Gasteiger charge is -2.14. The van der Waals surface area contributed by atoms with Gasteiger partial charge in [0.25, 0.3) is 0 Å². The Bertz CT molecular complexity index is 1010. The van der Waals surface area contributed by atoms with Crippen molar-refractivity contribution in [2.24, 2.45) is 0 Å². The lowest BCUT2D eigenvalue weighted by Crippen LogP contribution is -2.26. The molecule has 1 aliphatic carbocycles. The van der Waals surface area contributed by atoms with Gasteiger partial charge in [0.2, 0.25) is 0 Å². The summed E-state index contributed by atoms with van der Waals surface area (Å²) in [7, 11) is 0. The highest BCUT2D eigenvalue weighted by Gasteiger charge is 2.28. The zero-order valence-corrected chi connectivity index (χ0v) is 16.5.